The lowest BCUT2D eigenvalue weighted by molar-refractivity contribution is -0.121. The summed E-state index contributed by atoms with van der Waals surface area (Å²) in [6, 6.07) is 9.25. The second-order valence-corrected chi connectivity index (χ2v) is 5.31. The van der Waals surface area contributed by atoms with Gasteiger partial charge in [-0.1, -0.05) is 37.3 Å². The van der Waals surface area contributed by atoms with Crippen LogP contribution in [0.15, 0.2) is 30.3 Å². The fourth-order valence-electron chi connectivity index (χ4n) is 1.51. The van der Waals surface area contributed by atoms with Crippen LogP contribution < -0.4 is 16.0 Å². The highest BCUT2D eigenvalue weighted by atomic mass is 16.2. The number of hydrogen-bond donors (Lipinski definition) is 3. The van der Waals surface area contributed by atoms with E-state index in [-0.39, 0.29) is 24.0 Å². The number of benzene rings is 1. The van der Waals surface area contributed by atoms with Crippen LogP contribution in [-0.2, 0) is 11.3 Å². The van der Waals surface area contributed by atoms with E-state index >= 15 is 0 Å². The van der Waals surface area contributed by atoms with Crippen molar-refractivity contribution in [3.63, 3.8) is 0 Å². The van der Waals surface area contributed by atoms with E-state index in [0.29, 0.717) is 6.54 Å². The first kappa shape index (κ1) is 16.0. The summed E-state index contributed by atoms with van der Waals surface area (Å²) >= 11 is 0. The molecule has 0 saturated heterocycles. The average Bonchev–Trinajstić information content (AvgIpc) is 2.43. The molecule has 110 valence electrons. The molecule has 0 aliphatic rings. The predicted octanol–water partition coefficient (Wildman–Crippen LogP) is 1.79. The van der Waals surface area contributed by atoms with Crippen LogP contribution in [0.2, 0.25) is 0 Å². The SMILES string of the molecule is CCC(C)(C)NC(=O)CNC(=O)NCc1ccccc1. The minimum atomic E-state index is -0.349. The summed E-state index contributed by atoms with van der Waals surface area (Å²) in [7, 11) is 0. The van der Waals surface area contributed by atoms with Crippen molar-refractivity contribution in [1.82, 2.24) is 16.0 Å². The molecule has 0 spiro atoms. The molecule has 0 aromatic heterocycles. The Hall–Kier alpha value is -2.04. The minimum absolute atomic E-state index is 0.0238. The molecule has 3 N–H and O–H groups in total. The lowest BCUT2D eigenvalue weighted by Gasteiger charge is -2.24. The van der Waals surface area contributed by atoms with E-state index < -0.39 is 0 Å². The molecule has 0 fully saturated rings. The van der Waals surface area contributed by atoms with Crippen molar-refractivity contribution >= 4 is 11.9 Å². The Bertz CT molecular complexity index is 444. The zero-order valence-electron chi connectivity index (χ0n) is 12.3. The topological polar surface area (TPSA) is 70.2 Å². The summed E-state index contributed by atoms with van der Waals surface area (Å²) in [6.07, 6.45) is 0.832. The maximum Gasteiger partial charge on any atom is 0.315 e. The number of carbonyl (C=O) groups is 2. The van der Waals surface area contributed by atoms with Crippen molar-refractivity contribution in [2.75, 3.05) is 6.54 Å². The fraction of sp³-hybridized carbons (Fsp3) is 0.467. The Morgan fingerprint density at radius 3 is 2.35 bits per heavy atom. The molecule has 0 radical (unpaired) electrons. The van der Waals surface area contributed by atoms with Gasteiger partial charge in [0, 0.05) is 12.1 Å². The third kappa shape index (κ3) is 6.22. The molecule has 0 unspecified atom stereocenters. The molecule has 1 aromatic carbocycles. The van der Waals surface area contributed by atoms with Gasteiger partial charge in [-0.25, -0.2) is 4.79 Å². The third-order valence-electron chi connectivity index (χ3n) is 3.07. The maximum atomic E-state index is 11.6. The molecular weight excluding hydrogens is 254 g/mol. The van der Waals surface area contributed by atoms with Crippen LogP contribution in [0, 0.1) is 0 Å². The van der Waals surface area contributed by atoms with Gasteiger partial charge in [-0.2, -0.15) is 0 Å². The van der Waals surface area contributed by atoms with Crippen molar-refractivity contribution in [3.05, 3.63) is 35.9 Å². The first-order chi connectivity index (χ1) is 9.43. The van der Waals surface area contributed by atoms with Crippen molar-refractivity contribution in [2.24, 2.45) is 0 Å². The van der Waals surface area contributed by atoms with Gasteiger partial charge in [0.2, 0.25) is 5.91 Å². The monoisotopic (exact) mass is 277 g/mol. The van der Waals surface area contributed by atoms with Gasteiger partial charge in [0.1, 0.15) is 0 Å². The number of urea groups is 1. The summed E-state index contributed by atoms with van der Waals surface area (Å²) < 4.78 is 0. The molecule has 0 bridgehead atoms. The van der Waals surface area contributed by atoms with E-state index in [2.05, 4.69) is 16.0 Å². The molecule has 5 heteroatoms. The molecule has 0 aliphatic heterocycles. The smallest absolute Gasteiger partial charge is 0.315 e. The summed E-state index contributed by atoms with van der Waals surface area (Å²) in [5, 5.41) is 8.09. The van der Waals surface area contributed by atoms with E-state index in [1.165, 1.54) is 0 Å². The molecular formula is C15H23N3O2. The van der Waals surface area contributed by atoms with E-state index in [1.807, 2.05) is 51.1 Å². The molecule has 1 rings (SSSR count). The molecule has 0 saturated carbocycles. The number of carbonyl (C=O) groups excluding carboxylic acids is 2. The van der Waals surface area contributed by atoms with E-state index in [4.69, 9.17) is 0 Å². The Morgan fingerprint density at radius 2 is 1.75 bits per heavy atom. The van der Waals surface area contributed by atoms with Gasteiger partial charge in [-0.15, -0.1) is 0 Å². The van der Waals surface area contributed by atoms with E-state index in [0.717, 1.165) is 12.0 Å². The predicted molar refractivity (Wildman–Crippen MR) is 79.2 cm³/mol. The average molecular weight is 277 g/mol. The first-order valence-corrected chi connectivity index (χ1v) is 6.79. The largest absolute Gasteiger partial charge is 0.350 e. The highest BCUT2D eigenvalue weighted by Crippen LogP contribution is 2.05. The zero-order valence-corrected chi connectivity index (χ0v) is 12.3. The normalized spacial score (nSPS) is 10.8. The highest BCUT2D eigenvalue weighted by Gasteiger charge is 2.17. The van der Waals surface area contributed by atoms with Crippen molar-refractivity contribution < 1.29 is 9.59 Å². The summed E-state index contributed by atoms with van der Waals surface area (Å²) in [4.78, 5) is 23.2. The van der Waals surface area contributed by atoms with Crippen molar-refractivity contribution in [3.8, 4) is 0 Å². The minimum Gasteiger partial charge on any atom is -0.350 e. The van der Waals surface area contributed by atoms with Gasteiger partial charge >= 0.3 is 6.03 Å². The van der Waals surface area contributed by atoms with Crippen LogP contribution in [0.4, 0.5) is 4.79 Å². The van der Waals surface area contributed by atoms with Crippen LogP contribution in [-0.4, -0.2) is 24.0 Å². The molecule has 0 heterocycles. The van der Waals surface area contributed by atoms with Gasteiger partial charge in [0.05, 0.1) is 6.54 Å². The van der Waals surface area contributed by atoms with Gasteiger partial charge in [-0.3, -0.25) is 4.79 Å². The van der Waals surface area contributed by atoms with Gasteiger partial charge in [0.25, 0.3) is 0 Å². The van der Waals surface area contributed by atoms with Gasteiger partial charge in [-0.05, 0) is 25.8 Å². The lowest BCUT2D eigenvalue weighted by atomic mass is 10.0. The van der Waals surface area contributed by atoms with Crippen molar-refractivity contribution in [2.45, 2.75) is 39.3 Å². The van der Waals surface area contributed by atoms with E-state index in [1.54, 1.807) is 0 Å². The molecule has 1 aromatic rings. The molecule has 20 heavy (non-hydrogen) atoms. The van der Waals surface area contributed by atoms with Gasteiger partial charge in [0.15, 0.2) is 0 Å². The second kappa shape index (κ2) is 7.53. The summed E-state index contributed by atoms with van der Waals surface area (Å²) in [6.45, 7) is 6.31. The molecule has 3 amide bonds. The fourth-order valence-corrected chi connectivity index (χ4v) is 1.51. The number of amides is 3. The quantitative estimate of drug-likeness (QED) is 0.742. The Balaban J connectivity index is 2.25. The molecule has 0 atom stereocenters. The summed E-state index contributed by atoms with van der Waals surface area (Å²) in [5.74, 6) is -0.188. The zero-order chi connectivity index (χ0) is 15.0. The van der Waals surface area contributed by atoms with Crippen LogP contribution in [0.25, 0.3) is 0 Å². The summed E-state index contributed by atoms with van der Waals surface area (Å²) in [5.41, 5.74) is 0.762. The highest BCUT2D eigenvalue weighted by molar-refractivity contribution is 5.84. The lowest BCUT2D eigenvalue weighted by Crippen LogP contribution is -2.48. The first-order valence-electron chi connectivity index (χ1n) is 6.79. The number of nitrogens with one attached hydrogen (secondary N) is 3. The molecule has 5 nitrogen and oxygen atoms in total. The van der Waals surface area contributed by atoms with Crippen LogP contribution >= 0.6 is 0 Å². The Morgan fingerprint density at radius 1 is 1.10 bits per heavy atom. The second-order valence-electron chi connectivity index (χ2n) is 5.31. The third-order valence-corrected chi connectivity index (χ3v) is 3.07. The van der Waals surface area contributed by atoms with Crippen LogP contribution in [0.1, 0.15) is 32.8 Å². The van der Waals surface area contributed by atoms with E-state index in [9.17, 15) is 9.59 Å². The number of rotatable bonds is 6. The number of hydrogen-bond acceptors (Lipinski definition) is 2. The van der Waals surface area contributed by atoms with Crippen LogP contribution in [0.5, 0.6) is 0 Å². The van der Waals surface area contributed by atoms with Crippen LogP contribution in [0.3, 0.4) is 0 Å². The van der Waals surface area contributed by atoms with Gasteiger partial charge < -0.3 is 16.0 Å². The molecule has 0 aliphatic carbocycles. The Kier molecular flexibility index (Phi) is 6.03. The standard InChI is InChI=1S/C15H23N3O2/c1-4-15(2,3)18-13(19)11-17-14(20)16-10-12-8-6-5-7-9-12/h5-9H,4,10-11H2,1-3H3,(H,18,19)(H2,16,17,20). The Labute approximate surface area is 120 Å². The van der Waals surface area contributed by atoms with Crippen molar-refractivity contribution in [1.29, 1.82) is 0 Å². The maximum absolute atomic E-state index is 11.6.